The third-order valence-electron chi connectivity index (χ3n) is 8.57. The lowest BCUT2D eigenvalue weighted by Crippen LogP contribution is -2.56. The Morgan fingerprint density at radius 2 is 1.83 bits per heavy atom. The van der Waals surface area contributed by atoms with Crippen molar-refractivity contribution in [3.63, 3.8) is 0 Å². The third-order valence-corrected chi connectivity index (χ3v) is 8.57. The van der Waals surface area contributed by atoms with Gasteiger partial charge in [-0.2, -0.15) is 0 Å². The van der Waals surface area contributed by atoms with E-state index in [-0.39, 0.29) is 35.4 Å². The van der Waals surface area contributed by atoms with Crippen LogP contribution in [-0.2, 0) is 15.1 Å². The molecule has 1 N–H and O–H groups in total. The monoisotopic (exact) mass is 488 g/mol. The van der Waals surface area contributed by atoms with Gasteiger partial charge >= 0.3 is 12.0 Å². The molecule has 1 heterocycles. The molecule has 4 rings (SSSR count). The maximum absolute atomic E-state index is 14.1. The minimum absolute atomic E-state index is 0.117. The van der Waals surface area contributed by atoms with Crippen LogP contribution in [0.25, 0.3) is 0 Å². The molecule has 0 aromatic heterocycles. The highest BCUT2D eigenvalue weighted by molar-refractivity contribution is 5.87. The van der Waals surface area contributed by atoms with Crippen molar-refractivity contribution < 1.29 is 23.9 Å². The number of rotatable bonds is 8. The SMILES string of the molecule is CN(CC(=O)O)C(=O)CN1C[C@]2(CC[C@](c3cccc(F)c3)(N(C)C)CC2)N(CC2CCC2)C1=O. The molecule has 0 atom stereocenters. The van der Waals surface area contributed by atoms with Crippen molar-refractivity contribution in [1.29, 1.82) is 0 Å². The fraction of sp³-hybridized carbons (Fsp3) is 0.654. The second-order valence-electron chi connectivity index (χ2n) is 10.9. The number of nitrogens with zero attached hydrogens (tertiary/aromatic N) is 4. The lowest BCUT2D eigenvalue weighted by atomic mass is 9.68. The number of urea groups is 1. The lowest BCUT2D eigenvalue weighted by molar-refractivity contribution is -0.143. The fourth-order valence-electron chi connectivity index (χ4n) is 6.11. The van der Waals surface area contributed by atoms with Gasteiger partial charge in [-0.15, -0.1) is 0 Å². The van der Waals surface area contributed by atoms with E-state index in [4.69, 9.17) is 5.11 Å². The van der Waals surface area contributed by atoms with Gasteiger partial charge in [-0.25, -0.2) is 9.18 Å². The zero-order chi connectivity index (χ0) is 25.4. The molecule has 3 aliphatic rings. The summed E-state index contributed by atoms with van der Waals surface area (Å²) in [4.78, 5) is 44.2. The highest BCUT2D eigenvalue weighted by Gasteiger charge is 2.55. The molecule has 192 valence electrons. The highest BCUT2D eigenvalue weighted by Crippen LogP contribution is 2.49. The van der Waals surface area contributed by atoms with E-state index in [9.17, 15) is 18.8 Å². The molecule has 2 aliphatic carbocycles. The van der Waals surface area contributed by atoms with Gasteiger partial charge < -0.3 is 19.8 Å². The molecule has 1 aromatic carbocycles. The summed E-state index contributed by atoms with van der Waals surface area (Å²) in [6, 6.07) is 6.69. The van der Waals surface area contributed by atoms with Crippen LogP contribution in [0, 0.1) is 11.7 Å². The van der Waals surface area contributed by atoms with E-state index in [0.717, 1.165) is 49.0 Å². The Kier molecular flexibility index (Phi) is 7.09. The van der Waals surface area contributed by atoms with Crippen LogP contribution >= 0.6 is 0 Å². The van der Waals surface area contributed by atoms with Crippen molar-refractivity contribution >= 4 is 17.9 Å². The van der Waals surface area contributed by atoms with E-state index in [2.05, 4.69) is 4.90 Å². The maximum Gasteiger partial charge on any atom is 0.323 e. The van der Waals surface area contributed by atoms with Crippen LogP contribution in [0.15, 0.2) is 24.3 Å². The molecule has 8 nitrogen and oxygen atoms in total. The Bertz CT molecular complexity index is 972. The first-order chi connectivity index (χ1) is 16.6. The van der Waals surface area contributed by atoms with Crippen molar-refractivity contribution in [3.8, 4) is 0 Å². The maximum atomic E-state index is 14.1. The number of aliphatic carboxylic acids is 1. The van der Waals surface area contributed by atoms with Crippen molar-refractivity contribution in [2.24, 2.45) is 5.92 Å². The van der Waals surface area contributed by atoms with Gasteiger partial charge in [0.2, 0.25) is 5.91 Å². The molecule has 1 aromatic rings. The number of hydrogen-bond acceptors (Lipinski definition) is 4. The molecule has 3 amide bonds. The van der Waals surface area contributed by atoms with Gasteiger partial charge in [0, 0.05) is 25.7 Å². The zero-order valence-corrected chi connectivity index (χ0v) is 21.0. The number of carbonyl (C=O) groups is 3. The van der Waals surface area contributed by atoms with Crippen LogP contribution in [0.3, 0.4) is 0 Å². The summed E-state index contributed by atoms with van der Waals surface area (Å²) in [5.74, 6) is -1.22. The average Bonchev–Trinajstić information content (AvgIpc) is 3.01. The Hall–Kier alpha value is -2.68. The minimum Gasteiger partial charge on any atom is -0.480 e. The van der Waals surface area contributed by atoms with Crippen molar-refractivity contribution in [2.45, 2.75) is 56.0 Å². The van der Waals surface area contributed by atoms with Crippen LogP contribution in [-0.4, -0.2) is 95.5 Å². The van der Waals surface area contributed by atoms with Crippen LogP contribution in [0.2, 0.25) is 0 Å². The molecule has 1 saturated heterocycles. The number of likely N-dealkylation sites (N-methyl/N-ethyl adjacent to an activating group) is 1. The van der Waals surface area contributed by atoms with Crippen LogP contribution in [0.1, 0.15) is 50.5 Å². The molecule has 1 aliphatic heterocycles. The summed E-state index contributed by atoms with van der Waals surface area (Å²) < 4.78 is 14.1. The van der Waals surface area contributed by atoms with Crippen LogP contribution in [0.5, 0.6) is 0 Å². The number of carboxylic acid groups (broad SMARTS) is 1. The van der Waals surface area contributed by atoms with Crippen molar-refractivity contribution in [3.05, 3.63) is 35.6 Å². The summed E-state index contributed by atoms with van der Waals surface area (Å²) in [7, 11) is 5.50. The minimum atomic E-state index is -1.08. The van der Waals surface area contributed by atoms with Crippen LogP contribution < -0.4 is 0 Å². The van der Waals surface area contributed by atoms with Gasteiger partial charge in [0.1, 0.15) is 18.9 Å². The first-order valence-electron chi connectivity index (χ1n) is 12.5. The van der Waals surface area contributed by atoms with Crippen LogP contribution in [0.4, 0.5) is 9.18 Å². The quantitative estimate of drug-likeness (QED) is 0.608. The number of carbonyl (C=O) groups excluding carboxylic acids is 2. The van der Waals surface area contributed by atoms with E-state index in [1.54, 1.807) is 17.0 Å². The molecule has 2 saturated carbocycles. The Labute approximate surface area is 206 Å². The van der Waals surface area contributed by atoms with E-state index in [0.29, 0.717) is 19.0 Å². The van der Waals surface area contributed by atoms with Gasteiger partial charge in [-0.05, 0) is 76.2 Å². The second-order valence-corrected chi connectivity index (χ2v) is 10.9. The first-order valence-corrected chi connectivity index (χ1v) is 12.5. The molecule has 0 bridgehead atoms. The molecular formula is C26H37FN4O4. The predicted octanol–water partition coefficient (Wildman–Crippen LogP) is 2.98. The van der Waals surface area contributed by atoms with E-state index >= 15 is 0 Å². The Balaban J connectivity index is 1.56. The molecule has 3 fully saturated rings. The number of benzene rings is 1. The third kappa shape index (κ3) is 4.87. The summed E-state index contributed by atoms with van der Waals surface area (Å²) in [5, 5.41) is 9.01. The molecule has 1 spiro atoms. The largest absolute Gasteiger partial charge is 0.480 e. The van der Waals surface area contributed by atoms with Crippen molar-refractivity contribution in [2.75, 3.05) is 47.3 Å². The summed E-state index contributed by atoms with van der Waals surface area (Å²) in [6.45, 7) is 0.645. The average molecular weight is 489 g/mol. The second kappa shape index (κ2) is 9.76. The Morgan fingerprint density at radius 3 is 2.37 bits per heavy atom. The van der Waals surface area contributed by atoms with Gasteiger partial charge in [-0.1, -0.05) is 18.6 Å². The number of amides is 3. The molecule has 9 heteroatoms. The predicted molar refractivity (Wildman–Crippen MR) is 129 cm³/mol. The van der Waals surface area contributed by atoms with Crippen molar-refractivity contribution in [1.82, 2.24) is 19.6 Å². The highest BCUT2D eigenvalue weighted by atomic mass is 19.1. The first kappa shape index (κ1) is 25.4. The smallest absolute Gasteiger partial charge is 0.323 e. The number of hydrogen-bond donors (Lipinski definition) is 1. The van der Waals surface area contributed by atoms with Gasteiger partial charge in [0.25, 0.3) is 0 Å². The summed E-state index contributed by atoms with van der Waals surface area (Å²) in [5.41, 5.74) is 0.267. The molecular weight excluding hydrogens is 451 g/mol. The van der Waals surface area contributed by atoms with Gasteiger partial charge in [0.05, 0.1) is 5.54 Å². The zero-order valence-electron chi connectivity index (χ0n) is 21.0. The fourth-order valence-corrected chi connectivity index (χ4v) is 6.11. The normalized spacial score (nSPS) is 26.9. The summed E-state index contributed by atoms with van der Waals surface area (Å²) >= 11 is 0. The standard InChI is InChI=1S/C26H37FN4O4/c1-28(2)26(20-8-5-9-21(27)14-20)12-10-25(11-13-26)18-30(16-22(32)29(3)17-23(33)34)24(35)31(25)15-19-6-4-7-19/h5,8-9,14,19H,4,6-7,10-13,15-18H2,1-3H3,(H,33,34)/t25-,26+. The van der Waals surface area contributed by atoms with E-state index < -0.39 is 12.5 Å². The lowest BCUT2D eigenvalue weighted by Gasteiger charge is -2.51. The topological polar surface area (TPSA) is 84.4 Å². The number of carboxylic acids is 1. The summed E-state index contributed by atoms with van der Waals surface area (Å²) in [6.07, 6.45) is 6.49. The molecule has 0 radical (unpaired) electrons. The van der Waals surface area contributed by atoms with Gasteiger partial charge in [0.15, 0.2) is 0 Å². The molecule has 35 heavy (non-hydrogen) atoms. The Morgan fingerprint density at radius 1 is 1.14 bits per heavy atom. The van der Waals surface area contributed by atoms with E-state index in [1.807, 2.05) is 25.1 Å². The van der Waals surface area contributed by atoms with E-state index in [1.165, 1.54) is 19.5 Å². The molecule has 0 unspecified atom stereocenters. The number of halogens is 1. The van der Waals surface area contributed by atoms with Gasteiger partial charge in [-0.3, -0.25) is 14.5 Å².